The zero-order valence-corrected chi connectivity index (χ0v) is 7.40. The lowest BCUT2D eigenvalue weighted by Gasteiger charge is -2.06. The average molecular weight is 186 g/mol. The van der Waals surface area contributed by atoms with Gasteiger partial charge in [0.25, 0.3) is 0 Å². The van der Waals surface area contributed by atoms with Crippen LogP contribution in [0.1, 0.15) is 32.1 Å². The van der Waals surface area contributed by atoms with E-state index < -0.39 is 11.9 Å². The first kappa shape index (κ1) is 10.0. The second-order valence-electron chi connectivity index (χ2n) is 3.74. The van der Waals surface area contributed by atoms with E-state index in [4.69, 9.17) is 10.2 Å². The lowest BCUT2D eigenvalue weighted by Crippen LogP contribution is -2.07. The van der Waals surface area contributed by atoms with Crippen LogP contribution in [0.5, 0.6) is 0 Å². The van der Waals surface area contributed by atoms with Crippen molar-refractivity contribution in [1.29, 1.82) is 0 Å². The molecular weight excluding hydrogens is 172 g/mol. The Morgan fingerprint density at radius 2 is 1.38 bits per heavy atom. The summed E-state index contributed by atoms with van der Waals surface area (Å²) in [6.07, 6.45) is 2.87. The summed E-state index contributed by atoms with van der Waals surface area (Å²) in [7, 11) is 0. The van der Waals surface area contributed by atoms with Crippen molar-refractivity contribution >= 4 is 11.9 Å². The predicted molar refractivity (Wildman–Crippen MR) is 45.3 cm³/mol. The van der Waals surface area contributed by atoms with Crippen molar-refractivity contribution in [3.05, 3.63) is 0 Å². The summed E-state index contributed by atoms with van der Waals surface area (Å²) in [5, 5.41) is 17.1. The molecule has 0 aliphatic heterocycles. The van der Waals surface area contributed by atoms with Crippen LogP contribution in [0.2, 0.25) is 0 Å². The summed E-state index contributed by atoms with van der Waals surface area (Å²) in [6.45, 7) is 0. The maximum absolute atomic E-state index is 10.4. The molecule has 0 amide bonds. The third-order valence-corrected chi connectivity index (χ3v) is 2.58. The zero-order valence-electron chi connectivity index (χ0n) is 7.40. The predicted octanol–water partition coefficient (Wildman–Crippen LogP) is 1.35. The number of rotatable bonds is 4. The Morgan fingerprint density at radius 3 is 1.69 bits per heavy atom. The van der Waals surface area contributed by atoms with Crippen LogP contribution in [0.4, 0.5) is 0 Å². The summed E-state index contributed by atoms with van der Waals surface area (Å²) < 4.78 is 0. The van der Waals surface area contributed by atoms with Crippen molar-refractivity contribution in [2.45, 2.75) is 32.1 Å². The van der Waals surface area contributed by atoms with Gasteiger partial charge in [-0.15, -0.1) is 0 Å². The van der Waals surface area contributed by atoms with Gasteiger partial charge in [0.15, 0.2) is 0 Å². The fourth-order valence-corrected chi connectivity index (χ4v) is 2.04. The fraction of sp³-hybridized carbons (Fsp3) is 0.778. The molecule has 1 fully saturated rings. The number of hydrogen-bond donors (Lipinski definition) is 2. The van der Waals surface area contributed by atoms with Gasteiger partial charge in [0.1, 0.15) is 0 Å². The van der Waals surface area contributed by atoms with Crippen molar-refractivity contribution in [3.8, 4) is 0 Å². The third kappa shape index (κ3) is 3.44. The molecule has 0 aromatic rings. The second kappa shape index (κ2) is 4.25. The maximum atomic E-state index is 10.4. The molecule has 2 N–H and O–H groups in total. The molecule has 1 saturated carbocycles. The Bertz CT molecular complexity index is 190. The molecule has 0 aromatic carbocycles. The van der Waals surface area contributed by atoms with E-state index in [0.717, 1.165) is 19.3 Å². The standard InChI is InChI=1S/C9H14O4/c10-8(11)4-6-1-2-7(3-6)5-9(12)13/h6-7H,1-5H2,(H,10,11)(H,12,13)/t6-,7+. The van der Waals surface area contributed by atoms with E-state index >= 15 is 0 Å². The van der Waals surface area contributed by atoms with Crippen LogP contribution in [-0.4, -0.2) is 22.2 Å². The molecule has 0 unspecified atom stereocenters. The Hall–Kier alpha value is -1.06. The van der Waals surface area contributed by atoms with Gasteiger partial charge in [0.05, 0.1) is 0 Å². The SMILES string of the molecule is O=C(O)C[C@H]1CC[C@@H](CC(=O)O)C1. The summed E-state index contributed by atoms with van der Waals surface area (Å²) in [5.74, 6) is -1.16. The van der Waals surface area contributed by atoms with Crippen LogP contribution in [0.15, 0.2) is 0 Å². The molecule has 0 heterocycles. The number of carbonyl (C=O) groups is 2. The summed E-state index contributed by atoms with van der Waals surface area (Å²) in [4.78, 5) is 20.7. The van der Waals surface area contributed by atoms with Crippen LogP contribution in [-0.2, 0) is 9.59 Å². The maximum Gasteiger partial charge on any atom is 0.303 e. The second-order valence-corrected chi connectivity index (χ2v) is 3.74. The number of carboxylic acids is 2. The highest BCUT2D eigenvalue weighted by molar-refractivity contribution is 5.68. The number of carboxylic acid groups (broad SMARTS) is 2. The Kier molecular flexibility index (Phi) is 3.28. The van der Waals surface area contributed by atoms with E-state index in [9.17, 15) is 9.59 Å². The van der Waals surface area contributed by atoms with Gasteiger partial charge in [-0.3, -0.25) is 9.59 Å². The first-order valence-corrected chi connectivity index (χ1v) is 4.51. The lowest BCUT2D eigenvalue weighted by atomic mass is 10.00. The third-order valence-electron chi connectivity index (χ3n) is 2.58. The monoisotopic (exact) mass is 186 g/mol. The molecule has 0 spiro atoms. The number of hydrogen-bond acceptors (Lipinski definition) is 2. The van der Waals surface area contributed by atoms with Crippen molar-refractivity contribution in [2.24, 2.45) is 11.8 Å². The van der Waals surface area contributed by atoms with Gasteiger partial charge in [-0.05, 0) is 31.1 Å². The Morgan fingerprint density at radius 1 is 1.00 bits per heavy atom. The minimum absolute atomic E-state index is 0.191. The summed E-state index contributed by atoms with van der Waals surface area (Å²) in [5.41, 5.74) is 0. The largest absolute Gasteiger partial charge is 0.481 e. The van der Waals surface area contributed by atoms with Gasteiger partial charge in [0.2, 0.25) is 0 Å². The van der Waals surface area contributed by atoms with Gasteiger partial charge in [-0.1, -0.05) is 0 Å². The van der Waals surface area contributed by atoms with E-state index in [0.29, 0.717) is 0 Å². The van der Waals surface area contributed by atoms with E-state index in [1.807, 2.05) is 0 Å². The van der Waals surface area contributed by atoms with Gasteiger partial charge >= 0.3 is 11.9 Å². The van der Waals surface area contributed by atoms with Crippen molar-refractivity contribution in [3.63, 3.8) is 0 Å². The molecule has 2 atom stereocenters. The summed E-state index contributed by atoms with van der Waals surface area (Å²) >= 11 is 0. The van der Waals surface area contributed by atoms with Crippen molar-refractivity contribution in [2.75, 3.05) is 0 Å². The Balaban J connectivity index is 2.27. The number of aliphatic carboxylic acids is 2. The van der Waals surface area contributed by atoms with Crippen molar-refractivity contribution in [1.82, 2.24) is 0 Å². The molecule has 1 aliphatic rings. The highest BCUT2D eigenvalue weighted by Gasteiger charge is 2.27. The molecule has 0 radical (unpaired) electrons. The molecular formula is C9H14O4. The average Bonchev–Trinajstić information content (AvgIpc) is 2.33. The molecule has 13 heavy (non-hydrogen) atoms. The Labute approximate surface area is 76.6 Å². The molecule has 1 rings (SSSR count). The fourth-order valence-electron chi connectivity index (χ4n) is 2.04. The molecule has 74 valence electrons. The molecule has 0 bridgehead atoms. The van der Waals surface area contributed by atoms with Crippen molar-refractivity contribution < 1.29 is 19.8 Å². The van der Waals surface area contributed by atoms with Crippen LogP contribution < -0.4 is 0 Å². The minimum atomic E-state index is -0.777. The highest BCUT2D eigenvalue weighted by atomic mass is 16.4. The van der Waals surface area contributed by atoms with Crippen LogP contribution in [0.3, 0.4) is 0 Å². The van der Waals surface area contributed by atoms with E-state index in [-0.39, 0.29) is 24.7 Å². The van der Waals surface area contributed by atoms with E-state index in [1.165, 1.54) is 0 Å². The lowest BCUT2D eigenvalue weighted by molar-refractivity contribution is -0.138. The molecule has 1 aliphatic carbocycles. The van der Waals surface area contributed by atoms with E-state index in [1.54, 1.807) is 0 Å². The van der Waals surface area contributed by atoms with Gasteiger partial charge in [0, 0.05) is 12.8 Å². The van der Waals surface area contributed by atoms with Gasteiger partial charge in [-0.2, -0.15) is 0 Å². The first-order valence-electron chi connectivity index (χ1n) is 4.51. The molecule has 4 heteroatoms. The molecule has 0 aromatic heterocycles. The molecule has 4 nitrogen and oxygen atoms in total. The van der Waals surface area contributed by atoms with Crippen LogP contribution in [0, 0.1) is 11.8 Å². The van der Waals surface area contributed by atoms with Gasteiger partial charge in [-0.25, -0.2) is 0 Å². The smallest absolute Gasteiger partial charge is 0.303 e. The minimum Gasteiger partial charge on any atom is -0.481 e. The van der Waals surface area contributed by atoms with Crippen LogP contribution in [0.25, 0.3) is 0 Å². The highest BCUT2D eigenvalue weighted by Crippen LogP contribution is 2.34. The first-order chi connectivity index (χ1) is 6.08. The quantitative estimate of drug-likeness (QED) is 0.695. The van der Waals surface area contributed by atoms with Gasteiger partial charge < -0.3 is 10.2 Å². The van der Waals surface area contributed by atoms with Crippen LogP contribution >= 0.6 is 0 Å². The zero-order chi connectivity index (χ0) is 9.84. The van der Waals surface area contributed by atoms with E-state index in [2.05, 4.69) is 0 Å². The topological polar surface area (TPSA) is 74.6 Å². The summed E-state index contributed by atoms with van der Waals surface area (Å²) in [6, 6.07) is 0. The normalized spacial score (nSPS) is 27.4. The molecule has 0 saturated heterocycles.